The lowest BCUT2D eigenvalue weighted by molar-refractivity contribution is 0.178. The van der Waals surface area contributed by atoms with Crippen molar-refractivity contribution in [1.82, 2.24) is 15.1 Å². The van der Waals surface area contributed by atoms with Gasteiger partial charge in [0.2, 0.25) is 0 Å². The van der Waals surface area contributed by atoms with Gasteiger partial charge in [0, 0.05) is 32.7 Å². The van der Waals surface area contributed by atoms with Crippen LogP contribution in [0.3, 0.4) is 0 Å². The van der Waals surface area contributed by atoms with Gasteiger partial charge in [-0.05, 0) is 30.2 Å². The highest BCUT2D eigenvalue weighted by Gasteiger charge is 2.38. The highest BCUT2D eigenvalue weighted by molar-refractivity contribution is 5.77. The first kappa shape index (κ1) is 12.4. The summed E-state index contributed by atoms with van der Waals surface area (Å²) >= 11 is 0. The second-order valence-corrected chi connectivity index (χ2v) is 5.29. The number of hydrogen-bond donors (Lipinski definition) is 1. The quantitative estimate of drug-likeness (QED) is 0.874. The molecule has 1 aromatic carbocycles. The van der Waals surface area contributed by atoms with E-state index in [0.29, 0.717) is 6.54 Å². The van der Waals surface area contributed by atoms with Crippen LogP contribution in [0.2, 0.25) is 0 Å². The summed E-state index contributed by atoms with van der Waals surface area (Å²) in [6, 6.07) is 5.13. The van der Waals surface area contributed by atoms with Gasteiger partial charge in [0.25, 0.3) is 0 Å². The van der Waals surface area contributed by atoms with Crippen LogP contribution in [-0.2, 0) is 6.54 Å². The number of amides is 2. The third-order valence-electron chi connectivity index (χ3n) is 3.96. The minimum atomic E-state index is -0.226. The molecule has 0 aliphatic carbocycles. The van der Waals surface area contributed by atoms with Gasteiger partial charge >= 0.3 is 6.03 Å². The van der Waals surface area contributed by atoms with Gasteiger partial charge in [-0.25, -0.2) is 9.18 Å². The Balaban J connectivity index is 1.75. The molecule has 0 spiro atoms. The van der Waals surface area contributed by atoms with Crippen molar-refractivity contribution in [3.8, 4) is 0 Å². The fraction of sp³-hybridized carbons (Fsp3) is 0.500. The third-order valence-corrected chi connectivity index (χ3v) is 3.96. The molecule has 2 heterocycles. The number of nitrogens with one attached hydrogen (secondary N) is 1. The van der Waals surface area contributed by atoms with Crippen LogP contribution in [-0.4, -0.2) is 48.1 Å². The lowest BCUT2D eigenvalue weighted by atomic mass is 10.1. The van der Waals surface area contributed by atoms with Crippen molar-refractivity contribution in [2.45, 2.75) is 19.5 Å². The third kappa shape index (κ3) is 2.30. The van der Waals surface area contributed by atoms with E-state index in [1.165, 1.54) is 12.1 Å². The summed E-state index contributed by atoms with van der Waals surface area (Å²) in [5.41, 5.74) is 1.92. The maximum atomic E-state index is 13.1. The van der Waals surface area contributed by atoms with E-state index in [0.717, 1.165) is 37.3 Å². The summed E-state index contributed by atoms with van der Waals surface area (Å²) in [5.74, 6) is -0.226. The average molecular weight is 263 g/mol. The highest BCUT2D eigenvalue weighted by atomic mass is 19.1. The van der Waals surface area contributed by atoms with Crippen LogP contribution in [0.1, 0.15) is 11.1 Å². The molecule has 4 nitrogen and oxygen atoms in total. The summed E-state index contributed by atoms with van der Waals surface area (Å²) in [6.45, 7) is 5.72. The molecule has 5 heteroatoms. The maximum absolute atomic E-state index is 13.1. The first-order valence-electron chi connectivity index (χ1n) is 6.66. The zero-order valence-electron chi connectivity index (χ0n) is 11.0. The van der Waals surface area contributed by atoms with E-state index in [1.807, 2.05) is 16.7 Å². The number of nitrogens with zero attached hydrogens (tertiary/aromatic N) is 2. The minimum Gasteiger partial charge on any atom is -0.318 e. The summed E-state index contributed by atoms with van der Waals surface area (Å²) in [5, 5.41) is 3.31. The van der Waals surface area contributed by atoms with Crippen molar-refractivity contribution in [3.63, 3.8) is 0 Å². The summed E-state index contributed by atoms with van der Waals surface area (Å²) in [6.07, 6.45) is 0. The monoisotopic (exact) mass is 263 g/mol. The van der Waals surface area contributed by atoms with Crippen molar-refractivity contribution in [3.05, 3.63) is 35.1 Å². The Labute approximate surface area is 112 Å². The summed E-state index contributed by atoms with van der Waals surface area (Å²) in [7, 11) is 0. The largest absolute Gasteiger partial charge is 0.320 e. The van der Waals surface area contributed by atoms with E-state index in [1.54, 1.807) is 6.07 Å². The molecule has 0 aromatic heterocycles. The first-order chi connectivity index (χ1) is 9.15. The molecule has 2 saturated heterocycles. The Morgan fingerprint density at radius 2 is 2.32 bits per heavy atom. The Hall–Kier alpha value is -1.62. The molecule has 102 valence electrons. The Bertz CT molecular complexity index is 505. The Kier molecular flexibility index (Phi) is 3.14. The molecular weight excluding hydrogens is 245 g/mol. The normalized spacial score (nSPS) is 22.8. The van der Waals surface area contributed by atoms with E-state index >= 15 is 0 Å². The first-order valence-corrected chi connectivity index (χ1v) is 6.66. The van der Waals surface area contributed by atoms with Crippen molar-refractivity contribution >= 4 is 6.03 Å². The number of hydrogen-bond acceptors (Lipinski definition) is 2. The number of carbonyl (C=O) groups excluding carboxylic acids is 1. The molecule has 1 aromatic rings. The van der Waals surface area contributed by atoms with Crippen molar-refractivity contribution in [2.75, 3.05) is 26.2 Å². The SMILES string of the molecule is Cc1cc(F)ccc1CN1CC2CNCCN2C1=O. The van der Waals surface area contributed by atoms with Crippen LogP contribution in [0.25, 0.3) is 0 Å². The molecule has 2 fully saturated rings. The number of benzene rings is 1. The second-order valence-electron chi connectivity index (χ2n) is 5.29. The van der Waals surface area contributed by atoms with Crippen molar-refractivity contribution in [2.24, 2.45) is 0 Å². The molecule has 0 saturated carbocycles. The Morgan fingerprint density at radius 3 is 3.05 bits per heavy atom. The van der Waals surface area contributed by atoms with Crippen molar-refractivity contribution < 1.29 is 9.18 Å². The van der Waals surface area contributed by atoms with Crippen LogP contribution >= 0.6 is 0 Å². The molecule has 2 aliphatic rings. The van der Waals surface area contributed by atoms with Gasteiger partial charge in [0.05, 0.1) is 6.04 Å². The maximum Gasteiger partial charge on any atom is 0.320 e. The van der Waals surface area contributed by atoms with Gasteiger partial charge < -0.3 is 15.1 Å². The standard InChI is InChI=1S/C14H18FN3O/c1-10-6-12(15)3-2-11(10)8-17-9-13-7-16-4-5-18(13)14(17)19/h2-3,6,13,16H,4-5,7-9H2,1H3. The van der Waals surface area contributed by atoms with Gasteiger partial charge in [0.1, 0.15) is 5.82 Å². The van der Waals surface area contributed by atoms with E-state index in [9.17, 15) is 9.18 Å². The number of fused-ring (bicyclic) bond motifs is 1. The van der Waals surface area contributed by atoms with Crippen LogP contribution in [0.5, 0.6) is 0 Å². The van der Waals surface area contributed by atoms with Gasteiger partial charge in [-0.15, -0.1) is 0 Å². The Morgan fingerprint density at radius 1 is 1.47 bits per heavy atom. The smallest absolute Gasteiger partial charge is 0.318 e. The molecule has 3 rings (SSSR count). The predicted octanol–water partition coefficient (Wildman–Crippen LogP) is 1.34. The number of carbonyl (C=O) groups is 1. The molecule has 1 N–H and O–H groups in total. The number of urea groups is 1. The molecule has 1 unspecified atom stereocenters. The van der Waals surface area contributed by atoms with Gasteiger partial charge in [-0.1, -0.05) is 6.07 Å². The number of aryl methyl sites for hydroxylation is 1. The van der Waals surface area contributed by atoms with E-state index in [2.05, 4.69) is 5.32 Å². The second kappa shape index (κ2) is 4.81. The zero-order valence-corrected chi connectivity index (χ0v) is 11.0. The summed E-state index contributed by atoms with van der Waals surface area (Å²) in [4.78, 5) is 16.1. The fourth-order valence-electron chi connectivity index (χ4n) is 2.86. The topological polar surface area (TPSA) is 35.6 Å². The van der Waals surface area contributed by atoms with Crippen LogP contribution < -0.4 is 5.32 Å². The number of halogens is 1. The molecule has 0 radical (unpaired) electrons. The minimum absolute atomic E-state index is 0.107. The molecule has 1 atom stereocenters. The fourth-order valence-corrected chi connectivity index (χ4v) is 2.86. The van der Waals surface area contributed by atoms with E-state index in [-0.39, 0.29) is 17.9 Å². The average Bonchev–Trinajstić information content (AvgIpc) is 2.70. The molecular formula is C14H18FN3O. The van der Waals surface area contributed by atoms with Crippen LogP contribution in [0, 0.1) is 12.7 Å². The molecule has 2 aliphatic heterocycles. The van der Waals surface area contributed by atoms with E-state index < -0.39 is 0 Å². The predicted molar refractivity (Wildman–Crippen MR) is 70.3 cm³/mol. The van der Waals surface area contributed by atoms with Crippen LogP contribution in [0.15, 0.2) is 18.2 Å². The lowest BCUT2D eigenvalue weighted by Crippen LogP contribution is -2.49. The molecule has 19 heavy (non-hydrogen) atoms. The summed E-state index contributed by atoms with van der Waals surface area (Å²) < 4.78 is 13.1. The van der Waals surface area contributed by atoms with Gasteiger partial charge in [-0.2, -0.15) is 0 Å². The van der Waals surface area contributed by atoms with Crippen LogP contribution in [0.4, 0.5) is 9.18 Å². The van der Waals surface area contributed by atoms with E-state index in [4.69, 9.17) is 0 Å². The van der Waals surface area contributed by atoms with Crippen molar-refractivity contribution in [1.29, 1.82) is 0 Å². The lowest BCUT2D eigenvalue weighted by Gasteiger charge is -2.28. The number of piperazine rings is 1. The number of rotatable bonds is 2. The highest BCUT2D eigenvalue weighted by Crippen LogP contribution is 2.21. The van der Waals surface area contributed by atoms with Gasteiger partial charge in [0.15, 0.2) is 0 Å². The zero-order chi connectivity index (χ0) is 13.4. The van der Waals surface area contributed by atoms with Gasteiger partial charge in [-0.3, -0.25) is 0 Å². The molecule has 2 amide bonds. The molecule has 0 bridgehead atoms.